The molecule has 0 spiro atoms. The zero-order valence-electron chi connectivity index (χ0n) is 58.7. The molecule has 3 heterocycles. The smallest absolute Gasteiger partial charge is 0.220 e. The van der Waals surface area contributed by atoms with Crippen LogP contribution in [0.15, 0.2) is 36.5 Å². The van der Waals surface area contributed by atoms with E-state index in [2.05, 4.69) is 55.6 Å². The molecule has 0 bridgehead atoms. The molecule has 17 unspecified atom stereocenters. The Morgan fingerprint density at radius 1 is 0.383 bits per heavy atom. The maximum absolute atomic E-state index is 13.5. The summed E-state index contributed by atoms with van der Waals surface area (Å²) in [7, 11) is 0. The minimum Gasteiger partial charge on any atom is -0.394 e. The van der Waals surface area contributed by atoms with Crippen molar-refractivity contribution in [2.75, 3.05) is 26.4 Å². The molecular weight excluding hydrogens is 1200 g/mol. The highest BCUT2D eigenvalue weighted by atomic mass is 16.8. The van der Waals surface area contributed by atoms with Crippen LogP contribution in [0.4, 0.5) is 0 Å². The summed E-state index contributed by atoms with van der Waals surface area (Å²) in [6.45, 7) is 1.82. The standard InChI is InChI=1S/C75H139NO18/c1-3-5-7-9-11-13-15-17-19-21-23-25-26-27-28-29-30-31-33-34-36-38-40-42-44-46-48-50-52-59(80)58(76-63(81)53-51-49-47-45-43-41-39-37-35-32-24-22-20-18-16-14-12-10-8-6-4-2)57-89-73-69(87)66(84)71(61(55-78)91-73)94-75-70(88)67(85)72(62(56-79)92-75)93-74-68(86)65(83)64(82)60(54-77)90-74/h16,18,22,24,35,37,58-62,64-75,77-80,82-88H,3-15,17,19-21,23,25-34,36,38-57H2,1-2H3,(H,76,81)/b18-16-,24-22-,37-35-. The van der Waals surface area contributed by atoms with Crippen molar-refractivity contribution in [3.05, 3.63) is 36.5 Å². The lowest BCUT2D eigenvalue weighted by Gasteiger charge is -2.48. The lowest BCUT2D eigenvalue weighted by molar-refractivity contribution is -0.379. The van der Waals surface area contributed by atoms with E-state index in [1.165, 1.54) is 193 Å². The maximum atomic E-state index is 13.5. The molecule has 3 saturated heterocycles. The average molecular weight is 1340 g/mol. The van der Waals surface area contributed by atoms with Crippen LogP contribution in [0.5, 0.6) is 0 Å². The number of aliphatic hydroxyl groups excluding tert-OH is 11. The number of aliphatic hydroxyl groups is 11. The van der Waals surface area contributed by atoms with E-state index >= 15 is 0 Å². The molecule has 1 amide bonds. The van der Waals surface area contributed by atoms with Crippen LogP contribution in [-0.2, 0) is 33.2 Å². The van der Waals surface area contributed by atoms with E-state index in [0.717, 1.165) is 77.0 Å². The average Bonchev–Trinajstić information content (AvgIpc) is 0.787. The van der Waals surface area contributed by atoms with Gasteiger partial charge in [0.1, 0.15) is 73.2 Å². The number of nitrogens with one attached hydrogen (secondary N) is 1. The molecule has 19 heteroatoms. The number of rotatable bonds is 60. The molecule has 3 fully saturated rings. The van der Waals surface area contributed by atoms with Crippen molar-refractivity contribution < 1.29 is 89.4 Å². The van der Waals surface area contributed by atoms with Crippen molar-refractivity contribution in [1.29, 1.82) is 0 Å². The number of allylic oxidation sites excluding steroid dienone is 6. The highest BCUT2D eigenvalue weighted by molar-refractivity contribution is 5.76. The second-order valence-electron chi connectivity index (χ2n) is 27.5. The summed E-state index contributed by atoms with van der Waals surface area (Å²) in [5.74, 6) is -0.252. The van der Waals surface area contributed by atoms with Crippen LogP contribution in [0, 0.1) is 0 Å². The van der Waals surface area contributed by atoms with Crippen molar-refractivity contribution in [3.63, 3.8) is 0 Å². The van der Waals surface area contributed by atoms with Crippen molar-refractivity contribution in [2.45, 2.75) is 407 Å². The summed E-state index contributed by atoms with van der Waals surface area (Å²) in [5.41, 5.74) is 0. The SMILES string of the molecule is CCCCCCC/C=C\C/C=C\C/C=C\CCCCCCCCC(=O)NC(COC1OC(CO)C(OC2OC(CO)C(OC3OC(CO)C(O)C(O)C3O)C(O)C2O)C(O)C1O)C(O)CCCCCCCCCCCCCCCCCCCCCCCCCCCCCC. The molecule has 3 aliphatic rings. The Bertz CT molecular complexity index is 1840. The topological polar surface area (TPSA) is 307 Å². The molecule has 94 heavy (non-hydrogen) atoms. The van der Waals surface area contributed by atoms with Crippen LogP contribution in [-0.4, -0.2) is 193 Å². The molecule has 0 aliphatic carbocycles. The Kier molecular flexibility index (Phi) is 52.0. The van der Waals surface area contributed by atoms with E-state index < -0.39 is 124 Å². The Morgan fingerprint density at radius 3 is 1.10 bits per heavy atom. The molecule has 12 N–H and O–H groups in total. The van der Waals surface area contributed by atoms with Gasteiger partial charge in [-0.05, 0) is 51.4 Å². The number of carbonyl (C=O) groups excluding carboxylic acids is 1. The summed E-state index contributed by atoms with van der Waals surface area (Å²) >= 11 is 0. The van der Waals surface area contributed by atoms with Gasteiger partial charge in [0.15, 0.2) is 18.9 Å². The number of hydrogen-bond donors (Lipinski definition) is 12. The van der Waals surface area contributed by atoms with Crippen molar-refractivity contribution in [1.82, 2.24) is 5.32 Å². The lowest BCUT2D eigenvalue weighted by Crippen LogP contribution is -2.66. The Hall–Kier alpha value is -1.99. The second kappa shape index (κ2) is 56.7. The van der Waals surface area contributed by atoms with Crippen LogP contribution in [0.25, 0.3) is 0 Å². The first-order chi connectivity index (χ1) is 45.8. The number of ether oxygens (including phenoxy) is 6. The summed E-state index contributed by atoms with van der Waals surface area (Å²) in [4.78, 5) is 13.5. The third-order valence-corrected chi connectivity index (χ3v) is 19.2. The third kappa shape index (κ3) is 37.4. The number of unbranched alkanes of at least 4 members (excludes halogenated alkanes) is 38. The molecule has 0 aromatic rings. The second-order valence-corrected chi connectivity index (χ2v) is 27.5. The predicted molar refractivity (Wildman–Crippen MR) is 369 cm³/mol. The minimum absolute atomic E-state index is 0.252. The highest BCUT2D eigenvalue weighted by Gasteiger charge is 2.53. The quantitative estimate of drug-likeness (QED) is 0.0199. The zero-order valence-corrected chi connectivity index (χ0v) is 58.7. The Balaban J connectivity index is 1.40. The van der Waals surface area contributed by atoms with Crippen molar-refractivity contribution >= 4 is 5.91 Å². The number of hydrogen-bond acceptors (Lipinski definition) is 18. The molecule has 17 atom stereocenters. The summed E-state index contributed by atoms with van der Waals surface area (Å²) < 4.78 is 34.5. The first kappa shape index (κ1) is 86.2. The summed E-state index contributed by atoms with van der Waals surface area (Å²) in [6.07, 6.45) is 40.8. The third-order valence-electron chi connectivity index (χ3n) is 19.2. The van der Waals surface area contributed by atoms with Gasteiger partial charge in [0, 0.05) is 6.42 Å². The maximum Gasteiger partial charge on any atom is 0.220 e. The Labute approximate surface area is 568 Å². The highest BCUT2D eigenvalue weighted by Crippen LogP contribution is 2.33. The van der Waals surface area contributed by atoms with Crippen molar-refractivity contribution in [2.24, 2.45) is 0 Å². The molecule has 0 aromatic heterocycles. The molecule has 0 aromatic carbocycles. The number of amides is 1. The van der Waals surface area contributed by atoms with E-state index in [1.54, 1.807) is 0 Å². The molecule has 552 valence electrons. The fourth-order valence-corrected chi connectivity index (χ4v) is 13.0. The van der Waals surface area contributed by atoms with Crippen LogP contribution >= 0.6 is 0 Å². The Morgan fingerprint density at radius 2 is 0.702 bits per heavy atom. The van der Waals surface area contributed by atoms with Gasteiger partial charge in [-0.1, -0.05) is 281 Å². The molecule has 19 nitrogen and oxygen atoms in total. The van der Waals surface area contributed by atoms with Gasteiger partial charge in [-0.3, -0.25) is 4.79 Å². The molecule has 0 saturated carbocycles. The normalized spacial score (nSPS) is 27.5. The van der Waals surface area contributed by atoms with Gasteiger partial charge in [0.2, 0.25) is 5.91 Å². The molecule has 3 rings (SSSR count). The van der Waals surface area contributed by atoms with E-state index in [-0.39, 0.29) is 18.9 Å². The van der Waals surface area contributed by atoms with Crippen LogP contribution in [0.3, 0.4) is 0 Å². The minimum atomic E-state index is -1.97. The zero-order chi connectivity index (χ0) is 68.2. The van der Waals surface area contributed by atoms with Gasteiger partial charge in [-0.15, -0.1) is 0 Å². The largest absolute Gasteiger partial charge is 0.394 e. The predicted octanol–water partition coefficient (Wildman–Crippen LogP) is 11.6. The van der Waals surface area contributed by atoms with Crippen LogP contribution in [0.2, 0.25) is 0 Å². The first-order valence-electron chi connectivity index (χ1n) is 38.2. The van der Waals surface area contributed by atoms with Gasteiger partial charge in [-0.25, -0.2) is 0 Å². The van der Waals surface area contributed by atoms with Crippen LogP contribution in [0.1, 0.15) is 303 Å². The van der Waals surface area contributed by atoms with Crippen LogP contribution < -0.4 is 5.32 Å². The van der Waals surface area contributed by atoms with E-state index in [1.807, 2.05) is 0 Å². The van der Waals surface area contributed by atoms with Gasteiger partial charge >= 0.3 is 0 Å². The summed E-state index contributed by atoms with van der Waals surface area (Å²) in [5, 5.41) is 121. The van der Waals surface area contributed by atoms with E-state index in [0.29, 0.717) is 12.8 Å². The first-order valence-corrected chi connectivity index (χ1v) is 38.2. The summed E-state index contributed by atoms with van der Waals surface area (Å²) in [6, 6.07) is -0.896. The van der Waals surface area contributed by atoms with Gasteiger partial charge in [0.25, 0.3) is 0 Å². The fourth-order valence-electron chi connectivity index (χ4n) is 13.0. The molecule has 0 radical (unpaired) electrons. The molecular formula is C75H139NO18. The van der Waals surface area contributed by atoms with E-state index in [9.17, 15) is 61.0 Å². The van der Waals surface area contributed by atoms with Crippen molar-refractivity contribution in [3.8, 4) is 0 Å². The fraction of sp³-hybridized carbons (Fsp3) is 0.907. The monoisotopic (exact) mass is 1340 g/mol. The van der Waals surface area contributed by atoms with Gasteiger partial charge < -0.3 is 89.9 Å². The van der Waals surface area contributed by atoms with Gasteiger partial charge in [0.05, 0.1) is 38.6 Å². The molecule has 3 aliphatic heterocycles. The van der Waals surface area contributed by atoms with Gasteiger partial charge in [-0.2, -0.15) is 0 Å². The van der Waals surface area contributed by atoms with E-state index in [4.69, 9.17) is 28.4 Å². The number of carbonyl (C=O) groups is 1. The lowest BCUT2D eigenvalue weighted by atomic mass is 9.96.